The molecule has 0 saturated heterocycles. The summed E-state index contributed by atoms with van der Waals surface area (Å²) >= 11 is 0. The van der Waals surface area contributed by atoms with E-state index in [1.165, 1.54) is 31.4 Å². The summed E-state index contributed by atoms with van der Waals surface area (Å²) in [6.07, 6.45) is 9.30. The molecule has 0 amide bonds. The van der Waals surface area contributed by atoms with Gasteiger partial charge >= 0.3 is 0 Å². The molecule has 1 fully saturated rings. The second kappa shape index (κ2) is 4.22. The first-order valence-corrected chi connectivity index (χ1v) is 4.39. The molecular formula is C10H17N. The first kappa shape index (κ1) is 8.38. The highest BCUT2D eigenvalue weighted by Crippen LogP contribution is 2.18. The lowest BCUT2D eigenvalue weighted by Gasteiger charge is -2.12. The summed E-state index contributed by atoms with van der Waals surface area (Å²) in [6.45, 7) is 5.76. The van der Waals surface area contributed by atoms with E-state index in [1.807, 2.05) is 12.2 Å². The summed E-state index contributed by atoms with van der Waals surface area (Å²) < 4.78 is 0. The molecule has 1 aliphatic carbocycles. The predicted octanol–water partition coefficient (Wildman–Crippen LogP) is 2.61. The lowest BCUT2D eigenvalue weighted by atomic mass is 10.2. The van der Waals surface area contributed by atoms with Crippen LogP contribution in [-0.4, -0.2) is 6.04 Å². The first-order chi connectivity index (χ1) is 5.33. The highest BCUT2D eigenvalue weighted by Gasteiger charge is 2.13. The molecule has 1 rings (SSSR count). The maximum absolute atomic E-state index is 3.66. The van der Waals surface area contributed by atoms with Crippen molar-refractivity contribution in [2.24, 2.45) is 0 Å². The molecule has 0 radical (unpaired) electrons. The minimum Gasteiger partial charge on any atom is -0.386 e. The molecule has 62 valence electrons. The van der Waals surface area contributed by atoms with Gasteiger partial charge in [-0.1, -0.05) is 25.5 Å². The van der Waals surface area contributed by atoms with Crippen molar-refractivity contribution in [2.45, 2.75) is 38.6 Å². The maximum atomic E-state index is 3.66. The fourth-order valence-electron chi connectivity index (χ4n) is 1.62. The number of hydrogen-bond acceptors (Lipinski definition) is 1. The van der Waals surface area contributed by atoms with Crippen molar-refractivity contribution in [3.8, 4) is 0 Å². The summed E-state index contributed by atoms with van der Waals surface area (Å²) in [5, 5.41) is 3.47. The third-order valence-electron chi connectivity index (χ3n) is 2.15. The van der Waals surface area contributed by atoms with Gasteiger partial charge in [0.05, 0.1) is 0 Å². The SMILES string of the molecule is C=C/C=C(/C)NC1CCCC1. The van der Waals surface area contributed by atoms with Gasteiger partial charge in [-0.15, -0.1) is 0 Å². The van der Waals surface area contributed by atoms with Crippen molar-refractivity contribution >= 4 is 0 Å². The highest BCUT2D eigenvalue weighted by molar-refractivity contribution is 5.07. The Morgan fingerprint density at radius 3 is 2.64 bits per heavy atom. The number of nitrogens with one attached hydrogen (secondary N) is 1. The Balaban J connectivity index is 2.28. The number of hydrogen-bond donors (Lipinski definition) is 1. The van der Waals surface area contributed by atoms with E-state index >= 15 is 0 Å². The van der Waals surface area contributed by atoms with Crippen LogP contribution in [0.2, 0.25) is 0 Å². The van der Waals surface area contributed by atoms with E-state index in [2.05, 4.69) is 18.8 Å². The molecule has 0 spiro atoms. The zero-order valence-corrected chi connectivity index (χ0v) is 7.27. The molecule has 1 N–H and O–H groups in total. The predicted molar refractivity (Wildman–Crippen MR) is 49.3 cm³/mol. The van der Waals surface area contributed by atoms with Crippen LogP contribution >= 0.6 is 0 Å². The Morgan fingerprint density at radius 2 is 2.09 bits per heavy atom. The highest BCUT2D eigenvalue weighted by atomic mass is 14.9. The molecule has 1 nitrogen and oxygen atoms in total. The summed E-state index contributed by atoms with van der Waals surface area (Å²) in [4.78, 5) is 0. The zero-order valence-electron chi connectivity index (χ0n) is 7.27. The molecule has 0 aliphatic heterocycles. The van der Waals surface area contributed by atoms with Crippen LogP contribution in [0.25, 0.3) is 0 Å². The minimum atomic E-state index is 0.728. The van der Waals surface area contributed by atoms with E-state index in [0.717, 1.165) is 6.04 Å². The van der Waals surface area contributed by atoms with Gasteiger partial charge < -0.3 is 5.32 Å². The molecular weight excluding hydrogens is 134 g/mol. The molecule has 11 heavy (non-hydrogen) atoms. The average molecular weight is 151 g/mol. The third kappa shape index (κ3) is 2.79. The molecule has 1 aliphatic rings. The largest absolute Gasteiger partial charge is 0.386 e. The van der Waals surface area contributed by atoms with Crippen LogP contribution in [0.5, 0.6) is 0 Å². The van der Waals surface area contributed by atoms with Crippen molar-refractivity contribution in [1.82, 2.24) is 5.32 Å². The standard InChI is InChI=1S/C10H17N/c1-3-6-9(2)11-10-7-4-5-8-10/h3,6,10-11H,1,4-5,7-8H2,2H3/b9-6-. The summed E-state index contributed by atoms with van der Waals surface area (Å²) in [7, 11) is 0. The lowest BCUT2D eigenvalue weighted by Crippen LogP contribution is -2.23. The van der Waals surface area contributed by atoms with Crippen LogP contribution in [0.3, 0.4) is 0 Å². The molecule has 0 atom stereocenters. The molecule has 0 aromatic carbocycles. The Bertz CT molecular complexity index is 152. The molecule has 1 saturated carbocycles. The second-order valence-electron chi connectivity index (χ2n) is 3.21. The third-order valence-corrected chi connectivity index (χ3v) is 2.15. The van der Waals surface area contributed by atoms with Crippen LogP contribution in [0, 0.1) is 0 Å². The summed E-state index contributed by atoms with van der Waals surface area (Å²) in [5.41, 5.74) is 1.24. The van der Waals surface area contributed by atoms with Crippen LogP contribution < -0.4 is 5.32 Å². The molecule has 1 heteroatoms. The Labute approximate surface area is 69.2 Å². The van der Waals surface area contributed by atoms with Crippen molar-refractivity contribution in [1.29, 1.82) is 0 Å². The van der Waals surface area contributed by atoms with Gasteiger partial charge in [-0.25, -0.2) is 0 Å². The van der Waals surface area contributed by atoms with Crippen molar-refractivity contribution in [3.05, 3.63) is 24.4 Å². The average Bonchev–Trinajstić information content (AvgIpc) is 2.40. The topological polar surface area (TPSA) is 12.0 Å². The fourth-order valence-corrected chi connectivity index (χ4v) is 1.62. The van der Waals surface area contributed by atoms with E-state index in [9.17, 15) is 0 Å². The van der Waals surface area contributed by atoms with Crippen LogP contribution in [0.15, 0.2) is 24.4 Å². The Hall–Kier alpha value is -0.720. The van der Waals surface area contributed by atoms with Gasteiger partial charge in [-0.3, -0.25) is 0 Å². The van der Waals surface area contributed by atoms with E-state index in [0.29, 0.717) is 0 Å². The molecule has 0 aromatic rings. The minimum absolute atomic E-state index is 0.728. The molecule has 0 heterocycles. The summed E-state index contributed by atoms with van der Waals surface area (Å²) in [5.74, 6) is 0. The van der Waals surface area contributed by atoms with E-state index in [1.54, 1.807) is 0 Å². The van der Waals surface area contributed by atoms with Gasteiger partial charge in [0, 0.05) is 11.7 Å². The lowest BCUT2D eigenvalue weighted by molar-refractivity contribution is 0.585. The van der Waals surface area contributed by atoms with E-state index in [-0.39, 0.29) is 0 Å². The first-order valence-electron chi connectivity index (χ1n) is 4.39. The molecule has 0 aromatic heterocycles. The van der Waals surface area contributed by atoms with Crippen LogP contribution in [0.1, 0.15) is 32.6 Å². The van der Waals surface area contributed by atoms with E-state index < -0.39 is 0 Å². The molecule has 0 unspecified atom stereocenters. The van der Waals surface area contributed by atoms with Crippen molar-refractivity contribution in [3.63, 3.8) is 0 Å². The van der Waals surface area contributed by atoms with Crippen molar-refractivity contribution in [2.75, 3.05) is 0 Å². The van der Waals surface area contributed by atoms with Gasteiger partial charge in [-0.2, -0.15) is 0 Å². The van der Waals surface area contributed by atoms with Crippen LogP contribution in [0.4, 0.5) is 0 Å². The van der Waals surface area contributed by atoms with Gasteiger partial charge in [0.2, 0.25) is 0 Å². The van der Waals surface area contributed by atoms with Gasteiger partial charge in [0.15, 0.2) is 0 Å². The quantitative estimate of drug-likeness (QED) is 0.611. The number of allylic oxidation sites excluding steroid dienone is 3. The van der Waals surface area contributed by atoms with Gasteiger partial charge in [0.25, 0.3) is 0 Å². The van der Waals surface area contributed by atoms with Gasteiger partial charge in [0.1, 0.15) is 0 Å². The second-order valence-corrected chi connectivity index (χ2v) is 3.21. The summed E-state index contributed by atoms with van der Waals surface area (Å²) in [6, 6.07) is 0.728. The smallest absolute Gasteiger partial charge is 0.0258 e. The molecule has 0 bridgehead atoms. The Kier molecular flexibility index (Phi) is 3.21. The normalized spacial score (nSPS) is 20.3. The van der Waals surface area contributed by atoms with Gasteiger partial charge in [-0.05, 0) is 25.8 Å². The van der Waals surface area contributed by atoms with Crippen LogP contribution in [-0.2, 0) is 0 Å². The van der Waals surface area contributed by atoms with Crippen molar-refractivity contribution < 1.29 is 0 Å². The monoisotopic (exact) mass is 151 g/mol. The maximum Gasteiger partial charge on any atom is 0.0258 e. The zero-order chi connectivity index (χ0) is 8.10. The number of rotatable bonds is 3. The fraction of sp³-hybridized carbons (Fsp3) is 0.600. The Morgan fingerprint density at radius 1 is 1.45 bits per heavy atom. The van der Waals surface area contributed by atoms with E-state index in [4.69, 9.17) is 0 Å².